The van der Waals surface area contributed by atoms with Crippen LogP contribution in [0.25, 0.3) is 10.2 Å². The van der Waals surface area contributed by atoms with E-state index in [1.807, 2.05) is 24.3 Å². The Morgan fingerprint density at radius 1 is 0.609 bits per heavy atom. The van der Waals surface area contributed by atoms with Crippen LogP contribution in [0.5, 0.6) is 28.7 Å². The Bertz CT molecular complexity index is 2540. The number of anilines is 1. The average Bonchev–Trinajstić information content (AvgIpc) is 3.74. The molecule has 2 saturated carbocycles. The summed E-state index contributed by atoms with van der Waals surface area (Å²) in [5, 5.41) is 4.91. The molecular formula is C49H45N3O11S. The topological polar surface area (TPSA) is 186 Å². The second-order valence-electron chi connectivity index (χ2n) is 15.4. The molecule has 0 atom stereocenters. The Balaban J connectivity index is 0.945. The third-order valence-corrected chi connectivity index (χ3v) is 12.0. The summed E-state index contributed by atoms with van der Waals surface area (Å²) in [5.74, 6) is -2.73. The van der Waals surface area contributed by atoms with Gasteiger partial charge in [-0.2, -0.15) is 5.10 Å². The fraction of sp³-hybridized carbons (Fsp3) is 0.265. The number of allylic oxidation sites excluding steroid dienone is 1. The second kappa shape index (κ2) is 21.2. The van der Waals surface area contributed by atoms with Crippen LogP contribution >= 0.6 is 11.3 Å². The van der Waals surface area contributed by atoms with Gasteiger partial charge in [0.1, 0.15) is 28.7 Å². The van der Waals surface area contributed by atoms with Crippen LogP contribution < -0.4 is 29.1 Å². The van der Waals surface area contributed by atoms with Gasteiger partial charge in [-0.1, -0.05) is 48.8 Å². The van der Waals surface area contributed by atoms with Crippen LogP contribution in [0.4, 0.5) is 5.13 Å². The molecule has 2 aliphatic rings. The van der Waals surface area contributed by atoms with Crippen LogP contribution in [0.2, 0.25) is 0 Å². The highest BCUT2D eigenvalue weighted by molar-refractivity contribution is 7.22. The minimum atomic E-state index is -0.601. The zero-order valence-electron chi connectivity index (χ0n) is 34.8. The number of para-hydroxylation sites is 1. The molecule has 0 amide bonds. The number of aromatic nitrogens is 1. The lowest BCUT2D eigenvalue weighted by atomic mass is 9.82. The van der Waals surface area contributed by atoms with Gasteiger partial charge in [0.25, 0.3) is 0 Å². The van der Waals surface area contributed by atoms with Gasteiger partial charge in [0, 0.05) is 18.1 Å². The molecule has 0 unspecified atom stereocenters. The number of thiazole rings is 1. The van der Waals surface area contributed by atoms with Crippen LogP contribution in [0, 0.1) is 23.7 Å². The lowest BCUT2D eigenvalue weighted by Crippen LogP contribution is -2.30. The molecule has 64 heavy (non-hydrogen) atoms. The SMILES string of the molecule is C=CC(=O)Cc1ccc(OC(=O)[C@H]2CC[C@H](C(=O)Oc3ccc(OC(=O)[C@H]4CC[C@H](C(=O)Oc5ccc(OC(=O)C=C)cc5)CC4)cc3/C=N/Nc3nc4ccccc4s3)CC2)cc1. The number of nitrogens with zero attached hydrogens (tertiary/aromatic N) is 2. The summed E-state index contributed by atoms with van der Waals surface area (Å²) in [6, 6.07) is 25.2. The van der Waals surface area contributed by atoms with Gasteiger partial charge in [-0.25, -0.2) is 9.78 Å². The van der Waals surface area contributed by atoms with Crippen molar-refractivity contribution in [1.29, 1.82) is 0 Å². The molecule has 0 aliphatic heterocycles. The van der Waals surface area contributed by atoms with Crippen molar-refractivity contribution in [3.05, 3.63) is 127 Å². The second-order valence-corrected chi connectivity index (χ2v) is 16.5. The monoisotopic (exact) mass is 883 g/mol. The first-order chi connectivity index (χ1) is 31.0. The Morgan fingerprint density at radius 2 is 1.09 bits per heavy atom. The number of hydrogen-bond donors (Lipinski definition) is 1. The number of carbonyl (C=O) groups is 6. The van der Waals surface area contributed by atoms with Crippen LogP contribution in [-0.2, 0) is 35.2 Å². The van der Waals surface area contributed by atoms with Crippen molar-refractivity contribution in [1.82, 2.24) is 4.98 Å². The summed E-state index contributed by atoms with van der Waals surface area (Å²) in [6.45, 7) is 6.85. The number of hydrogen-bond acceptors (Lipinski definition) is 15. The van der Waals surface area contributed by atoms with Gasteiger partial charge in [0.2, 0.25) is 5.13 Å². The van der Waals surface area contributed by atoms with E-state index in [0.29, 0.717) is 73.6 Å². The maximum atomic E-state index is 13.5. The van der Waals surface area contributed by atoms with E-state index in [1.54, 1.807) is 42.5 Å². The molecule has 0 radical (unpaired) electrons. The number of carbonyl (C=O) groups excluding carboxylic acids is 6. The van der Waals surface area contributed by atoms with Gasteiger partial charge in [0.05, 0.1) is 40.1 Å². The Labute approximate surface area is 372 Å². The van der Waals surface area contributed by atoms with Crippen LogP contribution in [0.15, 0.2) is 121 Å². The van der Waals surface area contributed by atoms with Crippen molar-refractivity contribution in [3.63, 3.8) is 0 Å². The molecule has 0 bridgehead atoms. The van der Waals surface area contributed by atoms with Gasteiger partial charge < -0.3 is 23.7 Å². The predicted molar refractivity (Wildman–Crippen MR) is 238 cm³/mol. The summed E-state index contributed by atoms with van der Waals surface area (Å²) >= 11 is 1.42. The largest absolute Gasteiger partial charge is 0.426 e. The Hall–Kier alpha value is -7.26. The van der Waals surface area contributed by atoms with E-state index in [4.69, 9.17) is 23.7 Å². The van der Waals surface area contributed by atoms with Gasteiger partial charge in [-0.3, -0.25) is 29.4 Å². The number of ketones is 1. The van der Waals surface area contributed by atoms with Crippen molar-refractivity contribution in [2.45, 2.75) is 57.8 Å². The third-order valence-electron chi connectivity index (χ3n) is 11.0. The average molecular weight is 884 g/mol. The third kappa shape index (κ3) is 12.0. The predicted octanol–water partition coefficient (Wildman–Crippen LogP) is 8.77. The number of nitrogens with one attached hydrogen (secondary N) is 1. The minimum absolute atomic E-state index is 0.104. The molecule has 2 aliphatic carbocycles. The van der Waals surface area contributed by atoms with Crippen molar-refractivity contribution in [3.8, 4) is 28.7 Å². The molecule has 14 nitrogen and oxygen atoms in total. The normalized spacial score (nSPS) is 18.3. The lowest BCUT2D eigenvalue weighted by molar-refractivity contribution is -0.145. The van der Waals surface area contributed by atoms with E-state index in [-0.39, 0.29) is 41.3 Å². The molecule has 0 spiro atoms. The summed E-state index contributed by atoms with van der Waals surface area (Å²) < 4.78 is 28.9. The number of ether oxygens (including phenoxy) is 5. The van der Waals surface area contributed by atoms with E-state index >= 15 is 0 Å². The fourth-order valence-corrected chi connectivity index (χ4v) is 8.28. The number of rotatable bonds is 16. The summed E-state index contributed by atoms with van der Waals surface area (Å²) in [5.41, 5.74) is 4.90. The molecule has 4 aromatic carbocycles. The van der Waals surface area contributed by atoms with Gasteiger partial charge in [-0.05, 0) is 130 Å². The summed E-state index contributed by atoms with van der Waals surface area (Å²) in [7, 11) is 0. The molecule has 1 heterocycles. The van der Waals surface area contributed by atoms with E-state index < -0.39 is 41.6 Å². The smallest absolute Gasteiger partial charge is 0.335 e. The molecule has 1 N–H and O–H groups in total. The number of hydrazone groups is 1. The zero-order valence-corrected chi connectivity index (χ0v) is 35.6. The summed E-state index contributed by atoms with van der Waals surface area (Å²) in [4.78, 5) is 80.5. The van der Waals surface area contributed by atoms with Crippen molar-refractivity contribution >= 4 is 68.5 Å². The molecule has 7 rings (SSSR count). The highest BCUT2D eigenvalue weighted by Crippen LogP contribution is 2.35. The minimum Gasteiger partial charge on any atom is -0.426 e. The Morgan fingerprint density at radius 3 is 1.62 bits per heavy atom. The first-order valence-electron chi connectivity index (χ1n) is 20.9. The van der Waals surface area contributed by atoms with Gasteiger partial charge in [0.15, 0.2) is 5.78 Å². The highest BCUT2D eigenvalue weighted by atomic mass is 32.1. The zero-order chi connectivity index (χ0) is 45.0. The molecule has 5 aromatic rings. The van der Waals surface area contributed by atoms with Gasteiger partial charge in [-0.15, -0.1) is 0 Å². The van der Waals surface area contributed by atoms with Crippen molar-refractivity contribution in [2.75, 3.05) is 5.43 Å². The number of esters is 5. The number of benzene rings is 4. The molecule has 0 saturated heterocycles. The van der Waals surface area contributed by atoms with Crippen LogP contribution in [0.3, 0.4) is 0 Å². The Kier molecular flexibility index (Phi) is 14.8. The highest BCUT2D eigenvalue weighted by Gasteiger charge is 2.34. The molecular weight excluding hydrogens is 839 g/mol. The first-order valence-corrected chi connectivity index (χ1v) is 21.7. The molecule has 2 fully saturated rings. The lowest BCUT2D eigenvalue weighted by Gasteiger charge is -2.26. The van der Waals surface area contributed by atoms with Crippen LogP contribution in [-0.4, -0.2) is 46.8 Å². The van der Waals surface area contributed by atoms with Crippen molar-refractivity contribution in [2.24, 2.45) is 28.8 Å². The quantitative estimate of drug-likeness (QED) is 0.0326. The standard InChI is InChI=1S/C49H45N3O11S/c1-3-36(53)27-30-9-19-38(20-10-30)60-45(55)32-15-17-34(18-16-32)48(58)63-42-26-25-40(28-35(42)29-50-52-49-51-41-7-5-6-8-43(41)64-49)62-47(57)33-13-11-31(12-14-33)46(56)61-39-23-21-37(22-24-39)59-44(54)4-2/h3-10,19-26,28-29,31-34H,1-2,11-18,27H2,(H,51,52)/b50-29+/t31-,32-,33-,34-. The molecule has 328 valence electrons. The van der Waals surface area contributed by atoms with Crippen LogP contribution in [0.1, 0.15) is 62.5 Å². The fourth-order valence-electron chi connectivity index (χ4n) is 7.46. The van der Waals surface area contributed by atoms with Gasteiger partial charge >= 0.3 is 29.8 Å². The maximum Gasteiger partial charge on any atom is 0.335 e. The molecule has 1 aromatic heterocycles. The van der Waals surface area contributed by atoms with Crippen molar-refractivity contribution < 1.29 is 52.5 Å². The first kappa shape index (κ1) is 44.8. The number of fused-ring (bicyclic) bond motifs is 1. The maximum absolute atomic E-state index is 13.5. The van der Waals surface area contributed by atoms with E-state index in [1.165, 1.54) is 47.9 Å². The molecule has 15 heteroatoms. The van der Waals surface area contributed by atoms with E-state index in [9.17, 15) is 28.8 Å². The summed E-state index contributed by atoms with van der Waals surface area (Å²) in [6.07, 6.45) is 7.39. The van der Waals surface area contributed by atoms with E-state index in [2.05, 4.69) is 28.7 Å². The van der Waals surface area contributed by atoms with E-state index in [0.717, 1.165) is 21.9 Å².